The minimum Gasteiger partial charge on any atom is -0.353 e. The van der Waals surface area contributed by atoms with Crippen LogP contribution in [0.3, 0.4) is 0 Å². The van der Waals surface area contributed by atoms with E-state index in [4.69, 9.17) is 9.47 Å². The van der Waals surface area contributed by atoms with E-state index in [1.807, 2.05) is 6.92 Å². The highest BCUT2D eigenvalue weighted by atomic mass is 16.7. The van der Waals surface area contributed by atoms with Crippen LogP contribution < -0.4 is 0 Å². The lowest BCUT2D eigenvalue weighted by Gasteiger charge is -2.15. The molecular formula is C7H15NO4. The van der Waals surface area contributed by atoms with Crippen LogP contribution in [-0.2, 0) is 9.47 Å². The molecule has 5 heteroatoms. The van der Waals surface area contributed by atoms with Crippen molar-refractivity contribution in [2.75, 3.05) is 13.2 Å². The Bertz CT molecular complexity index is 139. The normalized spacial score (nSPS) is 15.6. The van der Waals surface area contributed by atoms with Crippen LogP contribution in [0.4, 0.5) is 0 Å². The van der Waals surface area contributed by atoms with Gasteiger partial charge in [-0.3, -0.25) is 10.1 Å². The Balaban J connectivity index is 3.53. The van der Waals surface area contributed by atoms with Gasteiger partial charge in [0.2, 0.25) is 6.54 Å². The third-order valence-corrected chi connectivity index (χ3v) is 1.23. The molecule has 0 N–H and O–H groups in total. The van der Waals surface area contributed by atoms with E-state index in [0.29, 0.717) is 6.61 Å². The lowest BCUT2D eigenvalue weighted by Crippen LogP contribution is -2.26. The van der Waals surface area contributed by atoms with E-state index in [1.165, 1.54) is 0 Å². The lowest BCUT2D eigenvalue weighted by atomic mass is 10.4. The Morgan fingerprint density at radius 3 is 2.50 bits per heavy atom. The number of hydrogen-bond donors (Lipinski definition) is 0. The maximum atomic E-state index is 10.0. The van der Waals surface area contributed by atoms with Gasteiger partial charge in [0, 0.05) is 11.5 Å². The topological polar surface area (TPSA) is 61.6 Å². The van der Waals surface area contributed by atoms with Crippen LogP contribution in [0.25, 0.3) is 0 Å². The van der Waals surface area contributed by atoms with Crippen molar-refractivity contribution in [1.82, 2.24) is 0 Å². The van der Waals surface area contributed by atoms with E-state index in [2.05, 4.69) is 0 Å². The summed E-state index contributed by atoms with van der Waals surface area (Å²) in [5.74, 6) is 0. The van der Waals surface area contributed by atoms with Crippen LogP contribution in [0.5, 0.6) is 0 Å². The van der Waals surface area contributed by atoms with Gasteiger partial charge in [0.05, 0.1) is 0 Å². The van der Waals surface area contributed by atoms with Crippen LogP contribution in [-0.4, -0.2) is 30.5 Å². The molecule has 0 aromatic heterocycles. The van der Waals surface area contributed by atoms with Gasteiger partial charge in [-0.05, 0) is 20.8 Å². The van der Waals surface area contributed by atoms with Crippen molar-refractivity contribution in [3.63, 3.8) is 0 Å². The summed E-state index contributed by atoms with van der Waals surface area (Å²) >= 11 is 0. The molecule has 0 radical (unpaired) electrons. The highest BCUT2D eigenvalue weighted by Crippen LogP contribution is 1.99. The highest BCUT2D eigenvalue weighted by Gasteiger charge is 2.13. The smallest absolute Gasteiger partial charge is 0.229 e. The maximum absolute atomic E-state index is 10.0. The third kappa shape index (κ3) is 6.06. The molecule has 2 unspecified atom stereocenters. The molecule has 72 valence electrons. The summed E-state index contributed by atoms with van der Waals surface area (Å²) in [5.41, 5.74) is 0. The Morgan fingerprint density at radius 1 is 1.50 bits per heavy atom. The van der Waals surface area contributed by atoms with E-state index < -0.39 is 11.0 Å². The first-order chi connectivity index (χ1) is 5.56. The zero-order chi connectivity index (χ0) is 9.56. The molecule has 0 saturated carbocycles. The second kappa shape index (κ2) is 5.91. The Hall–Kier alpha value is -0.680. The molecule has 0 aliphatic rings. The quantitative estimate of drug-likeness (QED) is 0.345. The van der Waals surface area contributed by atoms with E-state index in [0.717, 1.165) is 0 Å². The van der Waals surface area contributed by atoms with Crippen LogP contribution in [0.15, 0.2) is 0 Å². The first-order valence-corrected chi connectivity index (χ1v) is 3.95. The molecule has 0 spiro atoms. The minimum absolute atomic E-state index is 0.183. The average Bonchev–Trinajstić information content (AvgIpc) is 1.84. The molecule has 0 fully saturated rings. The van der Waals surface area contributed by atoms with Crippen LogP contribution in [0.2, 0.25) is 0 Å². The second-order valence-corrected chi connectivity index (χ2v) is 2.48. The SMILES string of the molecule is CCOC(C)OC(C)C[N+](=O)[O-]. The number of rotatable bonds is 6. The number of hydrogen-bond acceptors (Lipinski definition) is 4. The fraction of sp³-hybridized carbons (Fsp3) is 1.00. The molecule has 0 aromatic rings. The van der Waals surface area contributed by atoms with Crippen molar-refractivity contribution in [3.8, 4) is 0 Å². The van der Waals surface area contributed by atoms with Gasteiger partial charge in [-0.2, -0.15) is 0 Å². The first kappa shape index (κ1) is 11.3. The Morgan fingerprint density at radius 2 is 2.08 bits per heavy atom. The van der Waals surface area contributed by atoms with Gasteiger partial charge in [0.25, 0.3) is 0 Å². The van der Waals surface area contributed by atoms with Crippen molar-refractivity contribution >= 4 is 0 Å². The monoisotopic (exact) mass is 177 g/mol. The van der Waals surface area contributed by atoms with E-state index in [1.54, 1.807) is 13.8 Å². The fourth-order valence-electron chi connectivity index (χ4n) is 0.854. The molecule has 0 saturated heterocycles. The van der Waals surface area contributed by atoms with Gasteiger partial charge < -0.3 is 9.47 Å². The molecule has 0 bridgehead atoms. The minimum atomic E-state index is -0.401. The van der Waals surface area contributed by atoms with Crippen molar-refractivity contribution in [2.24, 2.45) is 0 Å². The largest absolute Gasteiger partial charge is 0.353 e. The standard InChI is InChI=1S/C7H15NO4/c1-4-11-7(3)12-6(2)5-8(9)10/h6-7H,4-5H2,1-3H3. The van der Waals surface area contributed by atoms with Crippen molar-refractivity contribution in [1.29, 1.82) is 0 Å². The average molecular weight is 177 g/mol. The predicted octanol–water partition coefficient (Wildman–Crippen LogP) is 1.05. The first-order valence-electron chi connectivity index (χ1n) is 3.95. The lowest BCUT2D eigenvalue weighted by molar-refractivity contribution is -0.493. The number of nitro groups is 1. The molecule has 0 heterocycles. The third-order valence-electron chi connectivity index (χ3n) is 1.23. The highest BCUT2D eigenvalue weighted by molar-refractivity contribution is 4.46. The zero-order valence-corrected chi connectivity index (χ0v) is 7.65. The van der Waals surface area contributed by atoms with Gasteiger partial charge in [-0.25, -0.2) is 0 Å². The predicted molar refractivity (Wildman–Crippen MR) is 43.5 cm³/mol. The molecule has 0 aromatic carbocycles. The summed E-state index contributed by atoms with van der Waals surface area (Å²) in [6.45, 7) is 5.58. The van der Waals surface area contributed by atoms with E-state index in [-0.39, 0.29) is 12.8 Å². The number of ether oxygens (including phenoxy) is 2. The molecular weight excluding hydrogens is 162 g/mol. The summed E-state index contributed by atoms with van der Waals surface area (Å²) in [7, 11) is 0. The van der Waals surface area contributed by atoms with Gasteiger partial charge in [0.15, 0.2) is 6.29 Å². The molecule has 0 aliphatic heterocycles. The summed E-state index contributed by atoms with van der Waals surface area (Å²) in [6.07, 6.45) is -0.772. The summed E-state index contributed by atoms with van der Waals surface area (Å²) in [4.78, 5) is 9.63. The fourth-order valence-corrected chi connectivity index (χ4v) is 0.854. The molecule has 0 rings (SSSR count). The summed E-state index contributed by atoms with van der Waals surface area (Å²) in [5, 5.41) is 10.0. The van der Waals surface area contributed by atoms with Gasteiger partial charge in [-0.15, -0.1) is 0 Å². The van der Waals surface area contributed by atoms with Gasteiger partial charge >= 0.3 is 0 Å². The van der Waals surface area contributed by atoms with Crippen molar-refractivity contribution < 1.29 is 14.4 Å². The van der Waals surface area contributed by atoms with Gasteiger partial charge in [0.1, 0.15) is 6.10 Å². The molecule has 12 heavy (non-hydrogen) atoms. The van der Waals surface area contributed by atoms with Crippen LogP contribution in [0.1, 0.15) is 20.8 Å². The van der Waals surface area contributed by atoms with E-state index in [9.17, 15) is 10.1 Å². The molecule has 5 nitrogen and oxygen atoms in total. The molecule has 0 aliphatic carbocycles. The van der Waals surface area contributed by atoms with Crippen molar-refractivity contribution in [2.45, 2.75) is 33.2 Å². The van der Waals surface area contributed by atoms with Crippen LogP contribution >= 0.6 is 0 Å². The van der Waals surface area contributed by atoms with Crippen LogP contribution in [0, 0.1) is 10.1 Å². The van der Waals surface area contributed by atoms with Crippen molar-refractivity contribution in [3.05, 3.63) is 10.1 Å². The zero-order valence-electron chi connectivity index (χ0n) is 7.65. The molecule has 0 amide bonds. The summed E-state index contributed by atoms with van der Waals surface area (Å²) < 4.78 is 10.2. The number of nitrogens with zero attached hydrogens (tertiary/aromatic N) is 1. The summed E-state index contributed by atoms with van der Waals surface area (Å²) in [6, 6.07) is 0. The second-order valence-electron chi connectivity index (χ2n) is 2.48. The maximum Gasteiger partial charge on any atom is 0.229 e. The molecule has 2 atom stereocenters. The van der Waals surface area contributed by atoms with E-state index >= 15 is 0 Å². The Labute approximate surface area is 71.8 Å². The Kier molecular flexibility index (Phi) is 5.57. The van der Waals surface area contributed by atoms with Gasteiger partial charge in [-0.1, -0.05) is 0 Å².